The minimum atomic E-state index is -0.367. The Morgan fingerprint density at radius 3 is 2.48 bits per heavy atom. The molecule has 8 nitrogen and oxygen atoms in total. The summed E-state index contributed by atoms with van der Waals surface area (Å²) in [4.78, 5) is 15.9. The first-order chi connectivity index (χ1) is 13.1. The third kappa shape index (κ3) is 3.19. The van der Waals surface area contributed by atoms with Gasteiger partial charge in [0.05, 0.1) is 25.6 Å². The number of aliphatic hydroxyl groups is 2. The zero-order valence-corrected chi connectivity index (χ0v) is 16.1. The number of methoxy groups -OCH3 is 1. The fourth-order valence-electron chi connectivity index (χ4n) is 4.65. The monoisotopic (exact) mass is 375 g/mol. The van der Waals surface area contributed by atoms with E-state index in [1.54, 1.807) is 13.4 Å². The van der Waals surface area contributed by atoms with Crippen molar-refractivity contribution in [3.63, 3.8) is 0 Å². The van der Waals surface area contributed by atoms with Crippen LogP contribution >= 0.6 is 0 Å². The maximum Gasteiger partial charge on any atom is 0.165 e. The highest BCUT2D eigenvalue weighted by Crippen LogP contribution is 2.48. The second-order valence-electron chi connectivity index (χ2n) is 8.18. The number of anilines is 1. The number of hydrogen-bond acceptors (Lipinski definition) is 7. The molecule has 0 atom stereocenters. The van der Waals surface area contributed by atoms with Crippen molar-refractivity contribution in [2.45, 2.75) is 56.7 Å². The topological polar surface area (TPSA) is 96.5 Å². The number of aliphatic hydroxyl groups excluding tert-OH is 2. The Bertz CT molecular complexity index is 775. The molecule has 2 aliphatic rings. The molecule has 0 aromatic carbocycles. The van der Waals surface area contributed by atoms with Crippen molar-refractivity contribution >= 4 is 17.0 Å². The van der Waals surface area contributed by atoms with Crippen LogP contribution in [0.1, 0.15) is 44.6 Å². The molecule has 0 unspecified atom stereocenters. The summed E-state index contributed by atoms with van der Waals surface area (Å²) in [5.41, 5.74) is 1.28. The summed E-state index contributed by atoms with van der Waals surface area (Å²) in [5.74, 6) is 0.870. The molecule has 2 aliphatic carbocycles. The normalized spacial score (nSPS) is 25.5. The molecular weight excluding hydrogens is 346 g/mol. The summed E-state index contributed by atoms with van der Waals surface area (Å²) >= 11 is 0. The lowest BCUT2D eigenvalue weighted by atomic mass is 9.66. The lowest BCUT2D eigenvalue weighted by Crippen LogP contribution is -2.44. The summed E-state index contributed by atoms with van der Waals surface area (Å²) < 4.78 is 7.55. The lowest BCUT2D eigenvalue weighted by molar-refractivity contribution is -0.0421. The highest BCUT2D eigenvalue weighted by Gasteiger charge is 2.45. The van der Waals surface area contributed by atoms with Crippen molar-refractivity contribution in [1.82, 2.24) is 19.5 Å². The molecule has 0 radical (unpaired) electrons. The molecule has 2 fully saturated rings. The number of aromatic nitrogens is 4. The van der Waals surface area contributed by atoms with Crippen LogP contribution < -0.4 is 4.90 Å². The quantitative estimate of drug-likeness (QED) is 0.790. The highest BCUT2D eigenvalue weighted by atomic mass is 16.5. The second-order valence-corrected chi connectivity index (χ2v) is 8.18. The molecule has 2 aromatic rings. The Morgan fingerprint density at radius 1 is 1.15 bits per heavy atom. The van der Waals surface area contributed by atoms with Gasteiger partial charge in [-0.05, 0) is 38.5 Å². The molecule has 2 aromatic heterocycles. The molecule has 0 amide bonds. The average Bonchev–Trinajstić information content (AvgIpc) is 3.11. The van der Waals surface area contributed by atoms with E-state index in [1.165, 1.54) is 0 Å². The summed E-state index contributed by atoms with van der Waals surface area (Å²) in [6, 6.07) is 0.638. The van der Waals surface area contributed by atoms with E-state index in [9.17, 15) is 10.2 Å². The number of imidazole rings is 1. The van der Waals surface area contributed by atoms with Crippen LogP contribution in [-0.2, 0) is 4.74 Å². The summed E-state index contributed by atoms with van der Waals surface area (Å²) in [6.45, 7) is 0.0273. The highest BCUT2D eigenvalue weighted by molar-refractivity contribution is 5.83. The number of fused-ring (bicyclic) bond motifs is 1. The Labute approximate surface area is 159 Å². The predicted molar refractivity (Wildman–Crippen MR) is 102 cm³/mol. The van der Waals surface area contributed by atoms with Crippen LogP contribution in [0.25, 0.3) is 11.2 Å². The predicted octanol–water partition coefficient (Wildman–Crippen LogP) is 1.53. The summed E-state index contributed by atoms with van der Waals surface area (Å²) in [6.07, 6.45) is 9.58. The van der Waals surface area contributed by atoms with E-state index in [0.717, 1.165) is 55.5 Å². The maximum absolute atomic E-state index is 9.54. The molecule has 2 heterocycles. The number of rotatable bonds is 6. The summed E-state index contributed by atoms with van der Waals surface area (Å²) in [7, 11) is 3.88. The van der Waals surface area contributed by atoms with Gasteiger partial charge in [-0.2, -0.15) is 0 Å². The standard InChI is InChI=1S/C19H29N5O3/c1-23(13-3-5-15(27-2)6-4-13)17-16-18(21-11-20-17)24(12-22-16)14-7-19(8-14,9-25)10-26/h11-15,25-26H,3-10H2,1-2H3. The van der Waals surface area contributed by atoms with E-state index in [-0.39, 0.29) is 24.7 Å². The van der Waals surface area contributed by atoms with Crippen LogP contribution in [0.5, 0.6) is 0 Å². The van der Waals surface area contributed by atoms with Gasteiger partial charge in [-0.15, -0.1) is 0 Å². The van der Waals surface area contributed by atoms with Crippen LogP contribution in [0.3, 0.4) is 0 Å². The molecule has 27 heavy (non-hydrogen) atoms. The molecule has 2 saturated carbocycles. The zero-order valence-electron chi connectivity index (χ0n) is 16.1. The largest absolute Gasteiger partial charge is 0.396 e. The van der Waals surface area contributed by atoms with E-state index in [1.807, 2.05) is 6.33 Å². The minimum Gasteiger partial charge on any atom is -0.396 e. The molecule has 0 spiro atoms. The van der Waals surface area contributed by atoms with E-state index in [2.05, 4.69) is 31.5 Å². The Kier molecular flexibility index (Phi) is 5.05. The third-order valence-electron chi connectivity index (χ3n) is 6.60. The molecule has 4 rings (SSSR count). The minimum absolute atomic E-state index is 0.0136. The SMILES string of the molecule is COC1CCC(N(C)c2ncnc3c2ncn3C2CC(CO)(CO)C2)CC1. The Balaban J connectivity index is 1.55. The molecular formula is C19H29N5O3. The first-order valence-electron chi connectivity index (χ1n) is 9.75. The van der Waals surface area contributed by atoms with Crippen LogP contribution in [0.4, 0.5) is 5.82 Å². The van der Waals surface area contributed by atoms with Crippen LogP contribution in [0.15, 0.2) is 12.7 Å². The molecule has 0 aliphatic heterocycles. The third-order valence-corrected chi connectivity index (χ3v) is 6.60. The summed E-state index contributed by atoms with van der Waals surface area (Å²) in [5, 5.41) is 19.1. The fourth-order valence-corrected chi connectivity index (χ4v) is 4.65. The molecule has 2 N–H and O–H groups in total. The van der Waals surface area contributed by atoms with Gasteiger partial charge >= 0.3 is 0 Å². The van der Waals surface area contributed by atoms with E-state index >= 15 is 0 Å². The molecule has 148 valence electrons. The number of ether oxygens (including phenoxy) is 1. The van der Waals surface area contributed by atoms with Gasteiger partial charge in [-0.25, -0.2) is 15.0 Å². The van der Waals surface area contributed by atoms with Gasteiger partial charge in [-0.1, -0.05) is 0 Å². The molecule has 0 bridgehead atoms. The first-order valence-corrected chi connectivity index (χ1v) is 9.75. The van der Waals surface area contributed by atoms with Crippen LogP contribution in [0.2, 0.25) is 0 Å². The van der Waals surface area contributed by atoms with Gasteiger partial charge in [-0.3, -0.25) is 0 Å². The number of nitrogens with zero attached hydrogens (tertiary/aromatic N) is 5. The van der Waals surface area contributed by atoms with E-state index in [4.69, 9.17) is 4.74 Å². The zero-order chi connectivity index (χ0) is 19.0. The lowest BCUT2D eigenvalue weighted by Gasteiger charge is -2.45. The van der Waals surface area contributed by atoms with Crippen LogP contribution in [-0.4, -0.2) is 69.2 Å². The van der Waals surface area contributed by atoms with Gasteiger partial charge in [0.15, 0.2) is 17.0 Å². The smallest absolute Gasteiger partial charge is 0.165 e. The van der Waals surface area contributed by atoms with Gasteiger partial charge in [0, 0.05) is 31.7 Å². The van der Waals surface area contributed by atoms with Gasteiger partial charge in [0.25, 0.3) is 0 Å². The van der Waals surface area contributed by atoms with Gasteiger partial charge in [0.1, 0.15) is 6.33 Å². The first kappa shape index (κ1) is 18.6. The van der Waals surface area contributed by atoms with Crippen molar-refractivity contribution < 1.29 is 14.9 Å². The van der Waals surface area contributed by atoms with Crippen molar-refractivity contribution in [3.05, 3.63) is 12.7 Å². The average molecular weight is 375 g/mol. The fraction of sp³-hybridized carbons (Fsp3) is 0.737. The molecule has 8 heteroatoms. The van der Waals surface area contributed by atoms with Crippen LogP contribution in [0, 0.1) is 5.41 Å². The van der Waals surface area contributed by atoms with Crippen molar-refractivity contribution in [1.29, 1.82) is 0 Å². The van der Waals surface area contributed by atoms with E-state index in [0.29, 0.717) is 12.1 Å². The van der Waals surface area contributed by atoms with Crippen molar-refractivity contribution in [2.75, 3.05) is 32.3 Å². The number of hydrogen-bond donors (Lipinski definition) is 2. The second kappa shape index (κ2) is 7.33. The Hall–Kier alpha value is -1.77. The molecule has 0 saturated heterocycles. The van der Waals surface area contributed by atoms with Crippen molar-refractivity contribution in [3.8, 4) is 0 Å². The van der Waals surface area contributed by atoms with Crippen molar-refractivity contribution in [2.24, 2.45) is 5.41 Å². The van der Waals surface area contributed by atoms with Gasteiger partial charge < -0.3 is 24.4 Å². The maximum atomic E-state index is 9.54. The van der Waals surface area contributed by atoms with E-state index < -0.39 is 0 Å². The Morgan fingerprint density at radius 2 is 1.85 bits per heavy atom. The van der Waals surface area contributed by atoms with Gasteiger partial charge in [0.2, 0.25) is 0 Å².